The topological polar surface area (TPSA) is 4.93 Å². The van der Waals surface area contributed by atoms with Crippen LogP contribution in [0.4, 0.5) is 0 Å². The van der Waals surface area contributed by atoms with Crippen LogP contribution in [-0.4, -0.2) is 4.57 Å². The average molecular weight is 97.2 g/mol. The van der Waals surface area contributed by atoms with Gasteiger partial charge in [0.1, 0.15) is 0 Å². The Morgan fingerprint density at radius 3 is 2.71 bits per heavy atom. The Bertz CT molecular complexity index is 171. The molecule has 0 bridgehead atoms. The van der Waals surface area contributed by atoms with Crippen molar-refractivity contribution in [2.45, 2.75) is 6.92 Å². The molecule has 0 saturated carbocycles. The summed E-state index contributed by atoms with van der Waals surface area (Å²) in [6, 6.07) is 0.618. The fourth-order valence-corrected chi connectivity index (χ4v) is 0.584. The van der Waals surface area contributed by atoms with E-state index in [1.165, 1.54) is 0 Å². The Labute approximate surface area is 45.0 Å². The summed E-state index contributed by atoms with van der Waals surface area (Å²) in [7, 11) is 1.92. The van der Waals surface area contributed by atoms with Crippen LogP contribution in [0.5, 0.6) is 0 Å². The molecule has 0 aromatic carbocycles. The van der Waals surface area contributed by atoms with E-state index in [9.17, 15) is 0 Å². The highest BCUT2D eigenvalue weighted by Gasteiger charge is 1.80. The van der Waals surface area contributed by atoms with Crippen molar-refractivity contribution in [1.82, 2.24) is 4.57 Å². The van der Waals surface area contributed by atoms with Gasteiger partial charge in [0.05, 0.1) is 1.37 Å². The van der Waals surface area contributed by atoms with Crippen molar-refractivity contribution in [3.05, 3.63) is 24.0 Å². The summed E-state index contributed by atoms with van der Waals surface area (Å²) >= 11 is 0. The highest BCUT2D eigenvalue weighted by Crippen LogP contribution is 1.93. The lowest BCUT2D eigenvalue weighted by molar-refractivity contribution is 0.925. The lowest BCUT2D eigenvalue weighted by atomic mass is 10.4. The van der Waals surface area contributed by atoms with Gasteiger partial charge in [-0.05, 0) is 18.5 Å². The average Bonchev–Trinajstić information content (AvgIpc) is 1.85. The second-order valence-corrected chi connectivity index (χ2v) is 1.75. The number of aromatic nitrogens is 1. The molecular formula is C6H9N. The highest BCUT2D eigenvalue weighted by atomic mass is 14.9. The van der Waals surface area contributed by atoms with E-state index in [0.717, 1.165) is 5.56 Å². The third-order valence-electron chi connectivity index (χ3n) is 0.893. The molecule has 0 aliphatic rings. The van der Waals surface area contributed by atoms with Crippen LogP contribution in [0.3, 0.4) is 0 Å². The Morgan fingerprint density at radius 2 is 2.57 bits per heavy atom. The molecule has 1 rings (SSSR count). The molecule has 0 radical (unpaired) electrons. The molecule has 0 saturated heterocycles. The zero-order chi connectivity index (χ0) is 6.15. The number of hydrogen-bond donors (Lipinski definition) is 0. The van der Waals surface area contributed by atoms with Gasteiger partial charge in [-0.2, -0.15) is 0 Å². The summed E-state index contributed by atoms with van der Waals surface area (Å²) < 4.78 is 9.11. The molecule has 0 aliphatic carbocycles. The quantitative estimate of drug-likeness (QED) is 0.460. The van der Waals surface area contributed by atoms with E-state index in [1.54, 1.807) is 6.20 Å². The van der Waals surface area contributed by atoms with Crippen molar-refractivity contribution >= 4 is 0 Å². The number of hydrogen-bond acceptors (Lipinski definition) is 0. The zero-order valence-corrected chi connectivity index (χ0v) is 4.60. The molecule has 0 atom stereocenters. The molecule has 0 unspecified atom stereocenters. The summed E-state index contributed by atoms with van der Waals surface area (Å²) in [6.07, 6.45) is 3.72. The van der Waals surface area contributed by atoms with Crippen molar-refractivity contribution in [2.24, 2.45) is 7.05 Å². The summed E-state index contributed by atoms with van der Waals surface area (Å²) in [5.74, 6) is 0. The Hall–Kier alpha value is -0.720. The van der Waals surface area contributed by atoms with Gasteiger partial charge in [-0.25, -0.2) is 0 Å². The van der Waals surface area contributed by atoms with Gasteiger partial charge in [0, 0.05) is 19.4 Å². The molecule has 38 valence electrons. The number of nitrogens with zero attached hydrogens (tertiary/aromatic N) is 1. The summed E-state index contributed by atoms with van der Waals surface area (Å²) in [5.41, 5.74) is 1.03. The van der Waals surface area contributed by atoms with Crippen LogP contribution >= 0.6 is 0 Å². The second-order valence-electron chi connectivity index (χ2n) is 1.75. The first-order valence-corrected chi connectivity index (χ1v) is 2.29. The van der Waals surface area contributed by atoms with Gasteiger partial charge < -0.3 is 4.57 Å². The summed E-state index contributed by atoms with van der Waals surface area (Å²) in [4.78, 5) is 0. The van der Waals surface area contributed by atoms with Gasteiger partial charge in [0.25, 0.3) is 0 Å². The normalized spacial score (nSPS) is 11.4. The zero-order valence-electron chi connectivity index (χ0n) is 5.60. The predicted octanol–water partition coefficient (Wildman–Crippen LogP) is 1.33. The van der Waals surface area contributed by atoms with Crippen LogP contribution in [0.15, 0.2) is 18.4 Å². The van der Waals surface area contributed by atoms with Crippen molar-refractivity contribution in [2.75, 3.05) is 0 Å². The minimum absolute atomic E-state index is 0.618. The molecule has 0 aliphatic heterocycles. The van der Waals surface area contributed by atoms with Crippen molar-refractivity contribution < 1.29 is 1.37 Å². The highest BCUT2D eigenvalue weighted by molar-refractivity contribution is 5.06. The van der Waals surface area contributed by atoms with E-state index in [1.807, 2.05) is 24.7 Å². The predicted molar refractivity (Wildman–Crippen MR) is 30.1 cm³/mol. The maximum absolute atomic E-state index is 7.22. The first-order valence-electron chi connectivity index (χ1n) is 2.79. The third-order valence-corrected chi connectivity index (χ3v) is 0.893. The maximum atomic E-state index is 7.22. The Morgan fingerprint density at radius 1 is 1.86 bits per heavy atom. The molecule has 1 aromatic heterocycles. The Balaban J connectivity index is 3.14. The fourth-order valence-electron chi connectivity index (χ4n) is 0.584. The molecule has 1 heterocycles. The van der Waals surface area contributed by atoms with E-state index in [-0.39, 0.29) is 0 Å². The largest absolute Gasteiger partial charge is 0.357 e. The van der Waals surface area contributed by atoms with Crippen molar-refractivity contribution in [1.29, 1.82) is 0 Å². The minimum atomic E-state index is 0.618. The van der Waals surface area contributed by atoms with Gasteiger partial charge in [-0.3, -0.25) is 0 Å². The van der Waals surface area contributed by atoms with Crippen LogP contribution in [-0.2, 0) is 7.05 Å². The lowest BCUT2D eigenvalue weighted by Gasteiger charge is -1.80. The van der Waals surface area contributed by atoms with Crippen LogP contribution in [0.1, 0.15) is 6.93 Å². The first-order chi connectivity index (χ1) is 3.70. The fraction of sp³-hybridized carbons (Fsp3) is 0.333. The summed E-state index contributed by atoms with van der Waals surface area (Å²) in [6.45, 7) is 1.93. The molecule has 1 aromatic rings. The Kier molecular flexibility index (Phi) is 0.666. The molecule has 0 N–H and O–H groups in total. The maximum Gasteiger partial charge on any atom is 0.0642 e. The van der Waals surface area contributed by atoms with Gasteiger partial charge in [0.2, 0.25) is 0 Å². The van der Waals surface area contributed by atoms with Crippen molar-refractivity contribution in [3.8, 4) is 0 Å². The molecule has 7 heavy (non-hydrogen) atoms. The minimum Gasteiger partial charge on any atom is -0.357 e. The van der Waals surface area contributed by atoms with E-state index >= 15 is 0 Å². The lowest BCUT2D eigenvalue weighted by Crippen LogP contribution is -1.76. The monoisotopic (exact) mass is 97.1 g/mol. The van der Waals surface area contributed by atoms with Gasteiger partial charge in [-0.1, -0.05) is 0 Å². The van der Waals surface area contributed by atoms with E-state index in [4.69, 9.17) is 1.37 Å². The molecule has 1 nitrogen and oxygen atoms in total. The molecule has 1 heteroatoms. The van der Waals surface area contributed by atoms with Crippen molar-refractivity contribution in [3.63, 3.8) is 0 Å². The van der Waals surface area contributed by atoms with Gasteiger partial charge in [0.15, 0.2) is 0 Å². The third kappa shape index (κ3) is 0.829. The van der Waals surface area contributed by atoms with Crippen LogP contribution in [0.25, 0.3) is 0 Å². The van der Waals surface area contributed by atoms with Gasteiger partial charge >= 0.3 is 0 Å². The second kappa shape index (κ2) is 1.41. The number of aryl methyl sites for hydroxylation is 2. The molecular weight excluding hydrogens is 86.1 g/mol. The molecule has 0 fully saturated rings. The van der Waals surface area contributed by atoms with E-state index in [2.05, 4.69) is 0 Å². The standard InChI is InChI=1S/C6H9N/c1-6-3-4-7(2)5-6/h3-5H,1-2H3/i3T. The van der Waals surface area contributed by atoms with Crippen LogP contribution in [0.2, 0.25) is 0 Å². The SMILES string of the molecule is [3H]c1cn(C)cc1C. The van der Waals surface area contributed by atoms with Crippen LogP contribution < -0.4 is 0 Å². The van der Waals surface area contributed by atoms with E-state index < -0.39 is 0 Å². The summed E-state index contributed by atoms with van der Waals surface area (Å²) in [5, 5.41) is 0. The van der Waals surface area contributed by atoms with Crippen LogP contribution in [0, 0.1) is 6.92 Å². The van der Waals surface area contributed by atoms with E-state index in [0.29, 0.717) is 6.04 Å². The van der Waals surface area contributed by atoms with Gasteiger partial charge in [-0.15, -0.1) is 0 Å². The first kappa shape index (κ1) is 3.30. The molecule has 0 spiro atoms. The smallest absolute Gasteiger partial charge is 0.0642 e. The molecule has 0 amide bonds. The number of rotatable bonds is 0.